The maximum Gasteiger partial charge on any atom is 0.0692 e. The molecule has 0 amide bonds. The van der Waals surface area contributed by atoms with Crippen LogP contribution in [0.5, 0.6) is 0 Å². The van der Waals surface area contributed by atoms with Gasteiger partial charge in [0, 0.05) is 24.8 Å². The van der Waals surface area contributed by atoms with Crippen LogP contribution in [-0.4, -0.2) is 25.4 Å². The first kappa shape index (κ1) is 10.1. The summed E-state index contributed by atoms with van der Waals surface area (Å²) >= 11 is 0. The molecule has 3 heteroatoms. The van der Waals surface area contributed by atoms with Gasteiger partial charge >= 0.3 is 0 Å². The van der Waals surface area contributed by atoms with Crippen molar-refractivity contribution in [3.05, 3.63) is 30.1 Å². The van der Waals surface area contributed by atoms with Crippen molar-refractivity contribution in [2.24, 2.45) is 4.99 Å². The van der Waals surface area contributed by atoms with Crippen molar-refractivity contribution >= 4 is 14.3 Å². The second-order valence-corrected chi connectivity index (χ2v) is 9.75. The van der Waals surface area contributed by atoms with Crippen LogP contribution in [-0.2, 0) is 0 Å². The zero-order chi connectivity index (χ0) is 9.73. The molecule has 1 rings (SSSR count). The molecule has 0 saturated heterocycles. The summed E-state index contributed by atoms with van der Waals surface area (Å²) in [4.78, 5) is 8.37. The third-order valence-electron chi connectivity index (χ3n) is 1.51. The Morgan fingerprint density at radius 2 is 1.92 bits per heavy atom. The Morgan fingerprint density at radius 1 is 1.31 bits per heavy atom. The molecule has 0 aliphatic heterocycles. The molecule has 0 aliphatic carbocycles. The SMILES string of the molecule is C[Si](C)(C)CN=Cc1ccncc1. The van der Waals surface area contributed by atoms with Crippen LogP contribution in [0.2, 0.25) is 19.6 Å². The van der Waals surface area contributed by atoms with Gasteiger partial charge in [-0.2, -0.15) is 0 Å². The molecule has 0 fully saturated rings. The maximum atomic E-state index is 4.42. The third-order valence-corrected chi connectivity index (χ3v) is 2.64. The minimum Gasteiger partial charge on any atom is -0.296 e. The molecule has 0 spiro atoms. The first-order valence-electron chi connectivity index (χ1n) is 4.48. The lowest BCUT2D eigenvalue weighted by atomic mass is 10.3. The molecule has 2 nitrogen and oxygen atoms in total. The van der Waals surface area contributed by atoms with Crippen LogP contribution in [0.15, 0.2) is 29.5 Å². The van der Waals surface area contributed by atoms with Gasteiger partial charge in [0.25, 0.3) is 0 Å². The van der Waals surface area contributed by atoms with E-state index in [1.54, 1.807) is 12.4 Å². The molecule has 1 heterocycles. The quantitative estimate of drug-likeness (QED) is 0.533. The molecule has 0 saturated carbocycles. The zero-order valence-electron chi connectivity index (χ0n) is 8.49. The molecule has 0 aliphatic rings. The molecule has 0 radical (unpaired) electrons. The highest BCUT2D eigenvalue weighted by Crippen LogP contribution is 2.00. The summed E-state index contributed by atoms with van der Waals surface area (Å²) in [5.74, 6) is 0. The molecule has 0 atom stereocenters. The van der Waals surface area contributed by atoms with Gasteiger partial charge in [0.05, 0.1) is 8.07 Å². The summed E-state index contributed by atoms with van der Waals surface area (Å²) in [6.45, 7) is 6.95. The van der Waals surface area contributed by atoms with E-state index in [0.717, 1.165) is 11.7 Å². The highest BCUT2D eigenvalue weighted by atomic mass is 28.3. The van der Waals surface area contributed by atoms with Crippen LogP contribution >= 0.6 is 0 Å². The van der Waals surface area contributed by atoms with Gasteiger partial charge in [-0.1, -0.05) is 19.6 Å². The minimum absolute atomic E-state index is 0.995. The van der Waals surface area contributed by atoms with Crippen molar-refractivity contribution in [2.45, 2.75) is 19.6 Å². The highest BCUT2D eigenvalue weighted by Gasteiger charge is 2.10. The molecule has 0 unspecified atom stereocenters. The Labute approximate surface area is 80.8 Å². The lowest BCUT2D eigenvalue weighted by Gasteiger charge is -2.10. The fourth-order valence-corrected chi connectivity index (χ4v) is 1.51. The number of hydrogen-bond donors (Lipinski definition) is 0. The monoisotopic (exact) mass is 192 g/mol. The topological polar surface area (TPSA) is 25.2 Å². The normalized spacial score (nSPS) is 12.2. The first-order valence-corrected chi connectivity index (χ1v) is 8.18. The third kappa shape index (κ3) is 4.57. The van der Waals surface area contributed by atoms with Gasteiger partial charge < -0.3 is 0 Å². The maximum absolute atomic E-state index is 4.42. The van der Waals surface area contributed by atoms with Crippen molar-refractivity contribution in [1.82, 2.24) is 4.98 Å². The highest BCUT2D eigenvalue weighted by molar-refractivity contribution is 6.76. The smallest absolute Gasteiger partial charge is 0.0692 e. The lowest BCUT2D eigenvalue weighted by molar-refractivity contribution is 1.28. The van der Waals surface area contributed by atoms with Crippen LogP contribution in [0, 0.1) is 0 Å². The first-order chi connectivity index (χ1) is 6.08. The van der Waals surface area contributed by atoms with E-state index in [-0.39, 0.29) is 0 Å². The van der Waals surface area contributed by atoms with E-state index in [1.165, 1.54) is 0 Å². The molecular weight excluding hydrogens is 176 g/mol. The minimum atomic E-state index is -1.02. The van der Waals surface area contributed by atoms with E-state index in [0.29, 0.717) is 0 Å². The van der Waals surface area contributed by atoms with E-state index < -0.39 is 8.07 Å². The van der Waals surface area contributed by atoms with Crippen molar-refractivity contribution in [1.29, 1.82) is 0 Å². The van der Waals surface area contributed by atoms with E-state index in [9.17, 15) is 0 Å². The van der Waals surface area contributed by atoms with Gasteiger partial charge in [0.2, 0.25) is 0 Å². The molecule has 0 aromatic carbocycles. The number of aromatic nitrogens is 1. The van der Waals surface area contributed by atoms with Gasteiger partial charge in [-0.3, -0.25) is 9.98 Å². The molecule has 0 bridgehead atoms. The van der Waals surface area contributed by atoms with Gasteiger partial charge in [-0.05, 0) is 17.7 Å². The van der Waals surface area contributed by atoms with Crippen molar-refractivity contribution in [3.63, 3.8) is 0 Å². The Kier molecular flexibility index (Phi) is 3.37. The fourth-order valence-electron chi connectivity index (χ4n) is 0.874. The summed E-state index contributed by atoms with van der Waals surface area (Å²) in [5.41, 5.74) is 1.13. The predicted octanol–water partition coefficient (Wildman–Crippen LogP) is 2.38. The Bertz CT molecular complexity index is 275. The van der Waals surface area contributed by atoms with Crippen LogP contribution in [0.3, 0.4) is 0 Å². The van der Waals surface area contributed by atoms with Crippen molar-refractivity contribution < 1.29 is 0 Å². The van der Waals surface area contributed by atoms with E-state index in [4.69, 9.17) is 0 Å². The van der Waals surface area contributed by atoms with E-state index >= 15 is 0 Å². The second kappa shape index (κ2) is 4.32. The summed E-state index contributed by atoms with van der Waals surface area (Å²) in [6.07, 6.45) is 6.50. The lowest BCUT2D eigenvalue weighted by Crippen LogP contribution is -2.24. The van der Waals surface area contributed by atoms with Crippen LogP contribution in [0.4, 0.5) is 0 Å². The predicted molar refractivity (Wildman–Crippen MR) is 60.0 cm³/mol. The zero-order valence-corrected chi connectivity index (χ0v) is 9.49. The average Bonchev–Trinajstić information content (AvgIpc) is 2.04. The van der Waals surface area contributed by atoms with Crippen LogP contribution in [0.1, 0.15) is 5.56 Å². The standard InChI is InChI=1S/C10H16N2Si/c1-13(2,3)9-12-8-10-4-6-11-7-5-10/h4-8H,9H2,1-3H3. The molecule has 1 aromatic heterocycles. The number of aliphatic imine (C=N–C) groups is 1. The van der Waals surface area contributed by atoms with E-state index in [2.05, 4.69) is 29.6 Å². The summed E-state index contributed by atoms with van der Waals surface area (Å²) in [7, 11) is -1.02. The number of nitrogens with zero attached hydrogens (tertiary/aromatic N) is 2. The van der Waals surface area contributed by atoms with Crippen LogP contribution < -0.4 is 0 Å². The summed E-state index contributed by atoms with van der Waals surface area (Å²) in [5, 5.41) is 0. The number of rotatable bonds is 3. The van der Waals surface area contributed by atoms with Crippen molar-refractivity contribution in [2.75, 3.05) is 6.17 Å². The Balaban J connectivity index is 2.51. The number of pyridine rings is 1. The summed E-state index contributed by atoms with van der Waals surface area (Å²) in [6, 6.07) is 3.93. The molecule has 13 heavy (non-hydrogen) atoms. The fraction of sp³-hybridized carbons (Fsp3) is 0.400. The molecular formula is C10H16N2Si. The van der Waals surface area contributed by atoms with Gasteiger partial charge in [-0.15, -0.1) is 0 Å². The van der Waals surface area contributed by atoms with Gasteiger partial charge in [-0.25, -0.2) is 0 Å². The summed E-state index contributed by atoms with van der Waals surface area (Å²) < 4.78 is 0. The van der Waals surface area contributed by atoms with Crippen LogP contribution in [0.25, 0.3) is 0 Å². The molecule has 0 N–H and O–H groups in total. The number of hydrogen-bond acceptors (Lipinski definition) is 2. The Morgan fingerprint density at radius 3 is 2.46 bits per heavy atom. The Hall–Kier alpha value is -0.963. The molecule has 1 aromatic rings. The van der Waals surface area contributed by atoms with E-state index in [1.807, 2.05) is 18.3 Å². The average molecular weight is 192 g/mol. The van der Waals surface area contributed by atoms with Gasteiger partial charge in [0.15, 0.2) is 0 Å². The molecule has 70 valence electrons. The largest absolute Gasteiger partial charge is 0.296 e. The van der Waals surface area contributed by atoms with Crippen molar-refractivity contribution in [3.8, 4) is 0 Å². The van der Waals surface area contributed by atoms with Gasteiger partial charge in [0.1, 0.15) is 0 Å². The second-order valence-electron chi connectivity index (χ2n) is 4.31.